The van der Waals surface area contributed by atoms with Crippen LogP contribution in [0.4, 0.5) is 11.4 Å². The van der Waals surface area contributed by atoms with Gasteiger partial charge in [-0.15, -0.1) is 0 Å². The number of anilines is 2. The summed E-state index contributed by atoms with van der Waals surface area (Å²) in [7, 11) is -8.00. The molecular weight excluding hydrogens is 422 g/mol. The summed E-state index contributed by atoms with van der Waals surface area (Å²) in [6, 6.07) is 18.8. The maximum Gasteiger partial charge on any atom is 0.262 e. The summed E-state index contributed by atoms with van der Waals surface area (Å²) in [5, 5.41) is 9.19. The molecule has 0 radical (unpaired) electrons. The minimum atomic E-state index is -4.01. The second-order valence-corrected chi connectivity index (χ2v) is 9.92. The number of hydrogen-bond donors (Lipinski definition) is 2. The Morgan fingerprint density at radius 1 is 0.700 bits per heavy atom. The zero-order valence-corrected chi connectivity index (χ0v) is 17.9. The monoisotopic (exact) mass is 441 g/mol. The van der Waals surface area contributed by atoms with Gasteiger partial charge in [-0.05, 0) is 55.3 Å². The molecule has 9 heteroatoms. The fraction of sp³-hybridized carbons (Fsp3) is 0.0952. The van der Waals surface area contributed by atoms with Gasteiger partial charge in [0.2, 0.25) is 0 Å². The first kappa shape index (κ1) is 21.4. The van der Waals surface area contributed by atoms with Crippen molar-refractivity contribution in [2.75, 3.05) is 9.44 Å². The molecule has 0 amide bonds. The van der Waals surface area contributed by atoms with E-state index in [1.54, 1.807) is 50.2 Å². The molecule has 154 valence electrons. The van der Waals surface area contributed by atoms with E-state index in [0.717, 1.165) is 0 Å². The molecule has 0 heterocycles. The summed E-state index contributed by atoms with van der Waals surface area (Å²) >= 11 is 0. The first-order chi connectivity index (χ1) is 14.1. The lowest BCUT2D eigenvalue weighted by molar-refractivity contribution is 0.598. The third kappa shape index (κ3) is 4.45. The van der Waals surface area contributed by atoms with Gasteiger partial charge in [0.05, 0.1) is 32.8 Å². The van der Waals surface area contributed by atoms with Gasteiger partial charge in [-0.1, -0.05) is 36.4 Å². The van der Waals surface area contributed by atoms with Crippen LogP contribution >= 0.6 is 0 Å². The van der Waals surface area contributed by atoms with Crippen LogP contribution in [0.5, 0.6) is 0 Å². The van der Waals surface area contributed by atoms with Gasteiger partial charge >= 0.3 is 0 Å². The molecule has 0 atom stereocenters. The van der Waals surface area contributed by atoms with Crippen molar-refractivity contribution in [2.45, 2.75) is 23.6 Å². The normalized spacial score (nSPS) is 11.5. The third-order valence-electron chi connectivity index (χ3n) is 4.40. The van der Waals surface area contributed by atoms with Gasteiger partial charge in [0, 0.05) is 0 Å². The number of nitrogens with zero attached hydrogens (tertiary/aromatic N) is 1. The topological polar surface area (TPSA) is 116 Å². The van der Waals surface area contributed by atoms with Crippen LogP contribution in [0.1, 0.15) is 16.7 Å². The summed E-state index contributed by atoms with van der Waals surface area (Å²) in [6.45, 7) is 3.32. The lowest BCUT2D eigenvalue weighted by atomic mass is 10.2. The van der Waals surface area contributed by atoms with E-state index in [4.69, 9.17) is 0 Å². The van der Waals surface area contributed by atoms with Gasteiger partial charge in [0.15, 0.2) is 0 Å². The predicted octanol–water partition coefficient (Wildman–Crippen LogP) is 3.78. The fourth-order valence-corrected chi connectivity index (χ4v) is 5.55. The molecule has 0 aliphatic rings. The summed E-state index contributed by atoms with van der Waals surface area (Å²) in [5.41, 5.74) is 1.21. The molecule has 0 saturated carbocycles. The Labute approximate surface area is 176 Å². The Kier molecular flexibility index (Phi) is 5.82. The van der Waals surface area contributed by atoms with Crippen LogP contribution in [-0.2, 0) is 20.0 Å². The van der Waals surface area contributed by atoms with Crippen molar-refractivity contribution in [1.29, 1.82) is 5.26 Å². The molecular formula is C21H19N3O4S2. The SMILES string of the molecule is Cc1ccccc1S(=O)(=O)Nc1ccc(C#N)cc1NS(=O)(=O)c1ccccc1C. The quantitative estimate of drug-likeness (QED) is 0.604. The molecule has 0 spiro atoms. The van der Waals surface area contributed by atoms with Gasteiger partial charge in [-0.2, -0.15) is 5.26 Å². The first-order valence-electron chi connectivity index (χ1n) is 8.85. The maximum absolute atomic E-state index is 12.9. The first-order valence-corrected chi connectivity index (χ1v) is 11.8. The molecule has 7 nitrogen and oxygen atoms in total. The predicted molar refractivity (Wildman–Crippen MR) is 115 cm³/mol. The number of nitrogens with one attached hydrogen (secondary N) is 2. The molecule has 0 unspecified atom stereocenters. The van der Waals surface area contributed by atoms with Gasteiger partial charge in [-0.25, -0.2) is 16.8 Å². The Morgan fingerprint density at radius 2 is 1.17 bits per heavy atom. The highest BCUT2D eigenvalue weighted by atomic mass is 32.2. The lowest BCUT2D eigenvalue weighted by Crippen LogP contribution is -2.18. The van der Waals surface area contributed by atoms with Crippen LogP contribution in [0.25, 0.3) is 0 Å². The zero-order valence-electron chi connectivity index (χ0n) is 16.2. The molecule has 3 aromatic rings. The van der Waals surface area contributed by atoms with E-state index in [2.05, 4.69) is 9.44 Å². The molecule has 30 heavy (non-hydrogen) atoms. The molecule has 0 aromatic heterocycles. The van der Waals surface area contributed by atoms with E-state index in [1.165, 1.54) is 30.3 Å². The Balaban J connectivity index is 2.05. The molecule has 0 bridgehead atoms. The second kappa shape index (κ2) is 8.18. The van der Waals surface area contributed by atoms with Crippen LogP contribution < -0.4 is 9.44 Å². The smallest absolute Gasteiger partial charge is 0.262 e. The van der Waals surface area contributed by atoms with Crippen molar-refractivity contribution in [3.63, 3.8) is 0 Å². The van der Waals surface area contributed by atoms with Gasteiger partial charge in [0.25, 0.3) is 20.0 Å². The van der Waals surface area contributed by atoms with Crippen LogP contribution in [0.2, 0.25) is 0 Å². The van der Waals surface area contributed by atoms with Gasteiger partial charge < -0.3 is 0 Å². The highest BCUT2D eigenvalue weighted by molar-refractivity contribution is 7.93. The Morgan fingerprint density at radius 3 is 1.63 bits per heavy atom. The van der Waals surface area contributed by atoms with E-state index < -0.39 is 20.0 Å². The number of nitriles is 1. The average molecular weight is 442 g/mol. The molecule has 3 aromatic carbocycles. The maximum atomic E-state index is 12.9. The highest BCUT2D eigenvalue weighted by Gasteiger charge is 2.22. The third-order valence-corrected chi connectivity index (χ3v) is 7.45. The number of benzene rings is 3. The van der Waals surface area contributed by atoms with Crippen LogP contribution in [-0.4, -0.2) is 16.8 Å². The minimum absolute atomic E-state index is 0.00872. The van der Waals surface area contributed by atoms with E-state index in [0.29, 0.717) is 11.1 Å². The molecule has 0 aliphatic carbocycles. The largest absolute Gasteiger partial charge is 0.277 e. The summed E-state index contributed by atoms with van der Waals surface area (Å²) in [4.78, 5) is 0.127. The van der Waals surface area contributed by atoms with Crippen LogP contribution in [0, 0.1) is 25.2 Å². The number of hydrogen-bond acceptors (Lipinski definition) is 5. The van der Waals surface area contributed by atoms with Crippen molar-refractivity contribution in [3.8, 4) is 6.07 Å². The molecule has 0 fully saturated rings. The Hall–Kier alpha value is -3.35. The van der Waals surface area contributed by atoms with Crippen LogP contribution in [0.3, 0.4) is 0 Å². The van der Waals surface area contributed by atoms with Crippen molar-refractivity contribution in [2.24, 2.45) is 0 Å². The van der Waals surface area contributed by atoms with Crippen molar-refractivity contribution >= 4 is 31.4 Å². The summed E-state index contributed by atoms with van der Waals surface area (Å²) in [6.07, 6.45) is 0. The summed E-state index contributed by atoms with van der Waals surface area (Å²) < 4.78 is 56.3. The van der Waals surface area contributed by atoms with Gasteiger partial charge in [-0.3, -0.25) is 9.44 Å². The standard InChI is InChI=1S/C21H19N3O4S2/c1-15-7-3-5-9-20(15)29(25,26)23-18-12-11-17(14-22)13-19(18)24-30(27,28)21-10-6-4-8-16(21)2/h3-13,23-24H,1-2H3. The lowest BCUT2D eigenvalue weighted by Gasteiger charge is -2.16. The molecule has 2 N–H and O–H groups in total. The number of rotatable bonds is 6. The second-order valence-electron chi connectivity index (χ2n) is 6.61. The molecule has 0 saturated heterocycles. The van der Waals surface area contributed by atoms with Crippen molar-refractivity contribution in [3.05, 3.63) is 83.4 Å². The van der Waals surface area contributed by atoms with E-state index >= 15 is 0 Å². The van der Waals surface area contributed by atoms with Gasteiger partial charge in [0.1, 0.15) is 0 Å². The zero-order chi connectivity index (χ0) is 21.9. The molecule has 0 aliphatic heterocycles. The number of sulfonamides is 2. The van der Waals surface area contributed by atoms with Crippen molar-refractivity contribution < 1.29 is 16.8 Å². The number of aryl methyl sites for hydroxylation is 2. The van der Waals surface area contributed by atoms with E-state index in [-0.39, 0.29) is 26.7 Å². The summed E-state index contributed by atoms with van der Waals surface area (Å²) in [5.74, 6) is 0. The molecule has 3 rings (SSSR count). The highest BCUT2D eigenvalue weighted by Crippen LogP contribution is 2.29. The Bertz CT molecular complexity index is 1360. The minimum Gasteiger partial charge on any atom is -0.277 e. The van der Waals surface area contributed by atoms with Crippen LogP contribution in [0.15, 0.2) is 76.5 Å². The van der Waals surface area contributed by atoms with E-state index in [1.807, 2.05) is 6.07 Å². The fourth-order valence-electron chi connectivity index (χ4n) is 2.90. The van der Waals surface area contributed by atoms with E-state index in [9.17, 15) is 22.1 Å². The average Bonchev–Trinajstić information content (AvgIpc) is 2.69. The van der Waals surface area contributed by atoms with Crippen molar-refractivity contribution in [1.82, 2.24) is 0 Å².